The van der Waals surface area contributed by atoms with Gasteiger partial charge in [0.25, 0.3) is 0 Å². The Hall–Kier alpha value is -5.19. The molecule has 11 heteroatoms. The van der Waals surface area contributed by atoms with E-state index in [-0.39, 0.29) is 19.0 Å². The number of rotatable bonds is 9. The van der Waals surface area contributed by atoms with Crippen molar-refractivity contribution in [3.63, 3.8) is 0 Å². The molecule has 0 spiro atoms. The molecule has 0 aliphatic heterocycles. The van der Waals surface area contributed by atoms with Gasteiger partial charge in [-0.2, -0.15) is 0 Å². The van der Waals surface area contributed by atoms with Crippen molar-refractivity contribution in [1.82, 2.24) is 20.3 Å². The average Bonchev–Trinajstić information content (AvgIpc) is 3.01. The Morgan fingerprint density at radius 2 is 1.68 bits per heavy atom. The Morgan fingerprint density at radius 1 is 0.955 bits per heavy atom. The number of halogens is 1. The monoisotopic (exact) mass is 599 g/mol. The maximum Gasteiger partial charge on any atom is 0.407 e. The first-order valence-corrected chi connectivity index (χ1v) is 13.9. The van der Waals surface area contributed by atoms with E-state index in [9.17, 15) is 9.18 Å². The van der Waals surface area contributed by atoms with Crippen molar-refractivity contribution in [3.8, 4) is 28.5 Å². The van der Waals surface area contributed by atoms with Gasteiger partial charge in [-0.15, -0.1) is 0 Å². The summed E-state index contributed by atoms with van der Waals surface area (Å²) >= 11 is 0. The van der Waals surface area contributed by atoms with Crippen molar-refractivity contribution < 1.29 is 28.1 Å². The molecule has 0 fully saturated rings. The second kappa shape index (κ2) is 12.6. The number of nitrogen functional groups attached to an aromatic ring is 1. The highest BCUT2D eigenvalue weighted by Crippen LogP contribution is 2.37. The van der Waals surface area contributed by atoms with Gasteiger partial charge in [-0.1, -0.05) is 32.9 Å². The fourth-order valence-electron chi connectivity index (χ4n) is 4.62. The number of ether oxygens (including phenoxy) is 4. The molecule has 5 rings (SSSR count). The van der Waals surface area contributed by atoms with Crippen LogP contribution >= 0.6 is 0 Å². The lowest BCUT2D eigenvalue weighted by Crippen LogP contribution is -2.39. The van der Waals surface area contributed by atoms with Gasteiger partial charge in [0.15, 0.2) is 11.5 Å². The molecule has 10 nitrogen and oxygen atoms in total. The first-order valence-electron chi connectivity index (χ1n) is 13.9. The normalized spacial score (nSPS) is 12.1. The first-order chi connectivity index (χ1) is 21.0. The smallest absolute Gasteiger partial charge is 0.407 e. The number of anilines is 1. The molecule has 2 aromatic carbocycles. The minimum Gasteiger partial charge on any atom is -0.493 e. The Labute approximate surface area is 254 Å². The molecule has 0 saturated carbocycles. The van der Waals surface area contributed by atoms with Gasteiger partial charge in [0, 0.05) is 46.8 Å². The van der Waals surface area contributed by atoms with Crippen LogP contribution in [0.3, 0.4) is 0 Å². The van der Waals surface area contributed by atoms with E-state index in [1.165, 1.54) is 12.1 Å². The number of carbonyl (C=O) groups excluding carboxylic acids is 1. The number of pyridine rings is 3. The summed E-state index contributed by atoms with van der Waals surface area (Å²) in [5, 5.41) is 5.09. The van der Waals surface area contributed by atoms with Gasteiger partial charge >= 0.3 is 6.09 Å². The van der Waals surface area contributed by atoms with Crippen LogP contribution < -0.4 is 25.3 Å². The lowest BCUT2D eigenvalue weighted by Gasteiger charge is -2.30. The van der Waals surface area contributed by atoms with Crippen LogP contribution in [-0.2, 0) is 11.3 Å². The quantitative estimate of drug-likeness (QED) is 0.187. The van der Waals surface area contributed by atoms with Gasteiger partial charge in [0.1, 0.15) is 30.1 Å². The van der Waals surface area contributed by atoms with E-state index in [2.05, 4.69) is 20.3 Å². The Kier molecular flexibility index (Phi) is 8.66. The number of alkyl carbamates (subject to hydrolysis) is 1. The Morgan fingerprint density at radius 3 is 2.39 bits per heavy atom. The molecule has 0 saturated heterocycles. The van der Waals surface area contributed by atoms with Gasteiger partial charge in [-0.3, -0.25) is 9.97 Å². The number of nitrogens with two attached hydrogens (primary N) is 1. The molecule has 1 atom stereocenters. The SMILES string of the molecule is COc1cc2ncc3c(N)nc(-c4cncc(OCC(OC(=O)NCc5ccc(F)cc5)C(C)(C)C)c4)cc3c2cc1OC. The number of hydrogen-bond donors (Lipinski definition) is 2. The molecule has 1 amide bonds. The molecule has 3 heterocycles. The van der Waals surface area contributed by atoms with E-state index in [1.807, 2.05) is 45.0 Å². The van der Waals surface area contributed by atoms with Crippen LogP contribution in [0.2, 0.25) is 0 Å². The highest BCUT2D eigenvalue weighted by Gasteiger charge is 2.29. The predicted molar refractivity (Wildman–Crippen MR) is 166 cm³/mol. The zero-order chi connectivity index (χ0) is 31.4. The molecule has 1 unspecified atom stereocenters. The second-order valence-corrected chi connectivity index (χ2v) is 11.3. The van der Waals surface area contributed by atoms with Crippen LogP contribution in [0.25, 0.3) is 32.9 Å². The van der Waals surface area contributed by atoms with Gasteiger partial charge in [0.2, 0.25) is 0 Å². The summed E-state index contributed by atoms with van der Waals surface area (Å²) in [7, 11) is 3.16. The van der Waals surface area contributed by atoms with Crippen molar-refractivity contribution in [2.24, 2.45) is 5.41 Å². The van der Waals surface area contributed by atoms with Crippen LogP contribution in [0.5, 0.6) is 17.2 Å². The number of fused-ring (bicyclic) bond motifs is 3. The maximum atomic E-state index is 13.2. The van der Waals surface area contributed by atoms with E-state index in [4.69, 9.17) is 24.7 Å². The van der Waals surface area contributed by atoms with Crippen LogP contribution in [0.4, 0.5) is 15.0 Å². The highest BCUT2D eigenvalue weighted by atomic mass is 19.1. The summed E-state index contributed by atoms with van der Waals surface area (Å²) in [6.07, 6.45) is 3.76. The molecule has 0 bridgehead atoms. The summed E-state index contributed by atoms with van der Waals surface area (Å²) in [5.74, 6) is 1.60. The third-order valence-electron chi connectivity index (χ3n) is 7.19. The van der Waals surface area contributed by atoms with E-state index >= 15 is 0 Å². The van der Waals surface area contributed by atoms with Crippen LogP contribution in [0.1, 0.15) is 26.3 Å². The van der Waals surface area contributed by atoms with Crippen molar-refractivity contribution in [2.45, 2.75) is 33.4 Å². The largest absolute Gasteiger partial charge is 0.493 e. The number of hydrogen-bond acceptors (Lipinski definition) is 9. The van der Waals surface area contributed by atoms with Crippen molar-refractivity contribution in [1.29, 1.82) is 0 Å². The molecule has 5 aromatic rings. The third kappa shape index (κ3) is 6.72. The Bertz CT molecular complexity index is 1810. The third-order valence-corrected chi connectivity index (χ3v) is 7.19. The average molecular weight is 600 g/mol. The number of methoxy groups -OCH3 is 2. The topological polar surface area (TPSA) is 131 Å². The van der Waals surface area contributed by atoms with Crippen molar-refractivity contribution in [3.05, 3.63) is 78.5 Å². The zero-order valence-corrected chi connectivity index (χ0v) is 25.2. The summed E-state index contributed by atoms with van der Waals surface area (Å²) in [4.78, 5) is 26.1. The van der Waals surface area contributed by atoms with Crippen molar-refractivity contribution in [2.75, 3.05) is 26.6 Å². The summed E-state index contributed by atoms with van der Waals surface area (Å²) in [6.45, 7) is 6.15. The van der Waals surface area contributed by atoms with Crippen molar-refractivity contribution >= 4 is 33.6 Å². The molecule has 3 aromatic heterocycles. The molecule has 0 aliphatic rings. The van der Waals surface area contributed by atoms with E-state index in [0.29, 0.717) is 39.7 Å². The minimum absolute atomic E-state index is 0.0871. The van der Waals surface area contributed by atoms with Gasteiger partial charge in [-0.05, 0) is 41.3 Å². The fourth-order valence-corrected chi connectivity index (χ4v) is 4.62. The number of nitrogens with zero attached hydrogens (tertiary/aromatic N) is 3. The molecule has 0 radical (unpaired) electrons. The van der Waals surface area contributed by atoms with Crippen LogP contribution in [-0.4, -0.2) is 48.0 Å². The number of amides is 1. The molecule has 228 valence electrons. The molecular formula is C33H34FN5O5. The van der Waals surface area contributed by atoms with E-state index < -0.39 is 17.6 Å². The predicted octanol–water partition coefficient (Wildman–Crippen LogP) is 6.30. The van der Waals surface area contributed by atoms with E-state index in [1.54, 1.807) is 44.9 Å². The van der Waals surface area contributed by atoms with E-state index in [0.717, 1.165) is 21.9 Å². The van der Waals surface area contributed by atoms with Gasteiger partial charge < -0.3 is 30.0 Å². The second-order valence-electron chi connectivity index (χ2n) is 11.3. The van der Waals surface area contributed by atoms with Gasteiger partial charge in [0.05, 0.1) is 31.6 Å². The fraction of sp³-hybridized carbons (Fsp3) is 0.273. The number of carbonyl (C=O) groups is 1. The number of nitrogens with one attached hydrogen (secondary N) is 1. The standard InChI is InChI=1S/C33H34FN5O5/c1-33(2,3)30(44-32(40)38-14-19-6-8-21(34)9-7-19)18-43-22-10-20(15-36-16-22)26-11-23-24-12-28(41-4)29(42-5)13-27(24)37-17-25(23)31(35)39-26/h6-13,15-17,30H,14,18H2,1-5H3,(H2,35,39)(H,38,40). The molecule has 3 N–H and O–H groups in total. The van der Waals surface area contributed by atoms with Crippen LogP contribution in [0.15, 0.2) is 67.1 Å². The summed E-state index contributed by atoms with van der Waals surface area (Å²) in [5.41, 5.74) is 8.71. The lowest BCUT2D eigenvalue weighted by molar-refractivity contribution is 0.00131. The number of aromatic nitrogens is 3. The minimum atomic E-state index is -0.600. The maximum absolute atomic E-state index is 13.2. The zero-order valence-electron chi connectivity index (χ0n) is 25.2. The Balaban J connectivity index is 1.35. The molecular weight excluding hydrogens is 565 g/mol. The lowest BCUT2D eigenvalue weighted by atomic mass is 9.89. The molecule has 0 aliphatic carbocycles. The summed E-state index contributed by atoms with van der Waals surface area (Å²) < 4.78 is 35.9. The van der Waals surface area contributed by atoms with Crippen LogP contribution in [0, 0.1) is 11.2 Å². The number of benzene rings is 2. The first kappa shape index (κ1) is 30.3. The van der Waals surface area contributed by atoms with Gasteiger partial charge in [-0.25, -0.2) is 14.2 Å². The molecule has 44 heavy (non-hydrogen) atoms. The highest BCUT2D eigenvalue weighted by molar-refractivity contribution is 6.10. The summed E-state index contributed by atoms with van der Waals surface area (Å²) in [6, 6.07) is 13.3.